The topological polar surface area (TPSA) is 12.4 Å². The van der Waals surface area contributed by atoms with Crippen molar-refractivity contribution in [1.29, 1.82) is 0 Å². The summed E-state index contributed by atoms with van der Waals surface area (Å²) in [7, 11) is 0. The third-order valence-corrected chi connectivity index (χ3v) is 2.50. The van der Waals surface area contributed by atoms with Gasteiger partial charge in [-0.15, -0.1) is 11.8 Å². The van der Waals surface area contributed by atoms with E-state index in [0.29, 0.717) is 0 Å². The van der Waals surface area contributed by atoms with Crippen molar-refractivity contribution in [2.45, 2.75) is 32.4 Å². The first-order valence-corrected chi connectivity index (χ1v) is 5.58. The summed E-state index contributed by atoms with van der Waals surface area (Å²) in [4.78, 5) is 4.52. The SMILES string of the molecule is CC(=Nc1ccccc1)SC(C)(C)C. The zero-order valence-corrected chi connectivity index (χ0v) is 10.1. The second-order valence-corrected chi connectivity index (χ2v) is 6.20. The van der Waals surface area contributed by atoms with E-state index < -0.39 is 0 Å². The Balaban J connectivity index is 2.70. The zero-order valence-electron chi connectivity index (χ0n) is 9.24. The van der Waals surface area contributed by atoms with Crippen LogP contribution in [0, 0.1) is 0 Å². The van der Waals surface area contributed by atoms with Crippen LogP contribution in [0.25, 0.3) is 0 Å². The molecule has 0 saturated heterocycles. The molecule has 1 rings (SSSR count). The van der Waals surface area contributed by atoms with Crippen LogP contribution >= 0.6 is 11.8 Å². The first-order valence-electron chi connectivity index (χ1n) is 4.77. The van der Waals surface area contributed by atoms with Crippen molar-refractivity contribution in [2.24, 2.45) is 4.99 Å². The molecular formula is C12H17NS. The van der Waals surface area contributed by atoms with E-state index in [0.717, 1.165) is 10.7 Å². The quantitative estimate of drug-likeness (QED) is 0.495. The molecule has 0 aliphatic rings. The van der Waals surface area contributed by atoms with E-state index in [1.54, 1.807) is 11.8 Å². The lowest BCUT2D eigenvalue weighted by molar-refractivity contribution is 0.809. The van der Waals surface area contributed by atoms with E-state index in [9.17, 15) is 0 Å². The average Bonchev–Trinajstić information content (AvgIpc) is 2.02. The molecule has 0 unspecified atom stereocenters. The predicted molar refractivity (Wildman–Crippen MR) is 66.6 cm³/mol. The first-order chi connectivity index (χ1) is 6.47. The van der Waals surface area contributed by atoms with Gasteiger partial charge in [0.2, 0.25) is 0 Å². The highest BCUT2D eigenvalue weighted by molar-refractivity contribution is 8.15. The lowest BCUT2D eigenvalue weighted by Crippen LogP contribution is -2.09. The predicted octanol–water partition coefficient (Wildman–Crippen LogP) is 4.27. The lowest BCUT2D eigenvalue weighted by atomic mass is 10.3. The van der Waals surface area contributed by atoms with Gasteiger partial charge in [-0.25, -0.2) is 4.99 Å². The molecule has 0 spiro atoms. The van der Waals surface area contributed by atoms with Crippen molar-refractivity contribution < 1.29 is 0 Å². The van der Waals surface area contributed by atoms with Crippen molar-refractivity contribution >= 4 is 22.5 Å². The molecule has 0 aromatic heterocycles. The maximum Gasteiger partial charge on any atom is 0.0712 e. The van der Waals surface area contributed by atoms with Gasteiger partial charge in [-0.1, -0.05) is 39.0 Å². The van der Waals surface area contributed by atoms with Crippen molar-refractivity contribution in [1.82, 2.24) is 0 Å². The third-order valence-electron chi connectivity index (χ3n) is 1.50. The third kappa shape index (κ3) is 4.47. The molecule has 14 heavy (non-hydrogen) atoms. The number of benzene rings is 1. The monoisotopic (exact) mass is 207 g/mol. The van der Waals surface area contributed by atoms with Gasteiger partial charge >= 0.3 is 0 Å². The zero-order chi connectivity index (χ0) is 10.6. The summed E-state index contributed by atoms with van der Waals surface area (Å²) in [5, 5.41) is 1.11. The Kier molecular flexibility index (Phi) is 3.76. The van der Waals surface area contributed by atoms with Crippen LogP contribution < -0.4 is 0 Å². The maximum absolute atomic E-state index is 4.52. The molecule has 1 aromatic rings. The van der Waals surface area contributed by atoms with Crippen molar-refractivity contribution in [3.63, 3.8) is 0 Å². The van der Waals surface area contributed by atoms with E-state index in [2.05, 4.69) is 32.7 Å². The molecule has 0 N–H and O–H groups in total. The van der Waals surface area contributed by atoms with Crippen LogP contribution in [0.2, 0.25) is 0 Å². The Bertz CT molecular complexity index is 309. The molecule has 2 heteroatoms. The van der Waals surface area contributed by atoms with Crippen LogP contribution in [0.5, 0.6) is 0 Å². The summed E-state index contributed by atoms with van der Waals surface area (Å²) in [5.41, 5.74) is 1.03. The molecular weight excluding hydrogens is 190 g/mol. The summed E-state index contributed by atoms with van der Waals surface area (Å²) >= 11 is 1.80. The Morgan fingerprint density at radius 2 is 1.71 bits per heavy atom. The van der Waals surface area contributed by atoms with Crippen LogP contribution in [-0.2, 0) is 0 Å². The fourth-order valence-corrected chi connectivity index (χ4v) is 2.19. The van der Waals surface area contributed by atoms with Gasteiger partial charge in [-0.2, -0.15) is 0 Å². The van der Waals surface area contributed by atoms with Crippen LogP contribution in [0.15, 0.2) is 35.3 Å². The second-order valence-electron chi connectivity index (χ2n) is 4.18. The molecule has 0 fully saturated rings. The highest BCUT2D eigenvalue weighted by atomic mass is 32.2. The van der Waals surface area contributed by atoms with E-state index in [-0.39, 0.29) is 4.75 Å². The molecule has 0 saturated carbocycles. The number of hydrogen-bond acceptors (Lipinski definition) is 2. The number of hydrogen-bond donors (Lipinski definition) is 0. The van der Waals surface area contributed by atoms with Gasteiger partial charge in [0, 0.05) is 4.75 Å². The van der Waals surface area contributed by atoms with E-state index in [1.165, 1.54) is 0 Å². The number of rotatable bonds is 1. The van der Waals surface area contributed by atoms with Crippen LogP contribution in [-0.4, -0.2) is 9.79 Å². The highest BCUT2D eigenvalue weighted by Crippen LogP contribution is 2.26. The van der Waals surface area contributed by atoms with Crippen LogP contribution in [0.1, 0.15) is 27.7 Å². The highest BCUT2D eigenvalue weighted by Gasteiger charge is 2.11. The van der Waals surface area contributed by atoms with Gasteiger partial charge < -0.3 is 0 Å². The number of thioether (sulfide) groups is 1. The standard InChI is InChI=1S/C12H17NS/c1-10(14-12(2,3)4)13-11-8-6-5-7-9-11/h5-9H,1-4H3. The first kappa shape index (κ1) is 11.3. The van der Waals surface area contributed by atoms with Crippen LogP contribution in [0.4, 0.5) is 5.69 Å². The molecule has 0 amide bonds. The Morgan fingerprint density at radius 3 is 2.21 bits per heavy atom. The van der Waals surface area contributed by atoms with Crippen LogP contribution in [0.3, 0.4) is 0 Å². The second kappa shape index (κ2) is 4.65. The van der Waals surface area contributed by atoms with Crippen molar-refractivity contribution in [2.75, 3.05) is 0 Å². The fraction of sp³-hybridized carbons (Fsp3) is 0.417. The fourth-order valence-electron chi connectivity index (χ4n) is 1.15. The Morgan fingerprint density at radius 1 is 1.14 bits per heavy atom. The van der Waals surface area contributed by atoms with E-state index >= 15 is 0 Å². The number of para-hydroxylation sites is 1. The summed E-state index contributed by atoms with van der Waals surface area (Å²) < 4.78 is 0.238. The molecule has 1 aromatic carbocycles. The Labute approximate surface area is 90.6 Å². The smallest absolute Gasteiger partial charge is 0.0712 e. The normalized spacial score (nSPS) is 13.0. The molecule has 0 atom stereocenters. The van der Waals surface area contributed by atoms with Gasteiger partial charge in [-0.3, -0.25) is 0 Å². The van der Waals surface area contributed by atoms with Gasteiger partial charge in [0.05, 0.1) is 10.7 Å². The molecule has 0 heterocycles. The van der Waals surface area contributed by atoms with Gasteiger partial charge in [0.1, 0.15) is 0 Å². The average molecular weight is 207 g/mol. The van der Waals surface area contributed by atoms with Crippen molar-refractivity contribution in [3.8, 4) is 0 Å². The summed E-state index contributed by atoms with van der Waals surface area (Å²) in [6.07, 6.45) is 0. The molecule has 0 aliphatic carbocycles. The Hall–Kier alpha value is -0.760. The number of nitrogens with zero attached hydrogens (tertiary/aromatic N) is 1. The summed E-state index contributed by atoms with van der Waals surface area (Å²) in [6, 6.07) is 10.1. The number of aliphatic imine (C=N–C) groups is 1. The lowest BCUT2D eigenvalue weighted by Gasteiger charge is -2.16. The minimum Gasteiger partial charge on any atom is -0.247 e. The summed E-state index contributed by atoms with van der Waals surface area (Å²) in [6.45, 7) is 8.65. The largest absolute Gasteiger partial charge is 0.247 e. The molecule has 0 radical (unpaired) electrons. The molecule has 1 nitrogen and oxygen atoms in total. The minimum atomic E-state index is 0.238. The van der Waals surface area contributed by atoms with Crippen molar-refractivity contribution in [3.05, 3.63) is 30.3 Å². The molecule has 76 valence electrons. The molecule has 0 aliphatic heterocycles. The van der Waals surface area contributed by atoms with E-state index in [1.807, 2.05) is 30.3 Å². The van der Waals surface area contributed by atoms with Gasteiger partial charge in [0.25, 0.3) is 0 Å². The minimum absolute atomic E-state index is 0.238. The van der Waals surface area contributed by atoms with E-state index in [4.69, 9.17) is 0 Å². The van der Waals surface area contributed by atoms with Gasteiger partial charge in [-0.05, 0) is 19.1 Å². The maximum atomic E-state index is 4.52. The summed E-state index contributed by atoms with van der Waals surface area (Å²) in [5.74, 6) is 0. The molecule has 0 bridgehead atoms. The van der Waals surface area contributed by atoms with Gasteiger partial charge in [0.15, 0.2) is 0 Å².